The topological polar surface area (TPSA) is 58.2 Å². The number of amides is 2. The summed E-state index contributed by atoms with van der Waals surface area (Å²) in [7, 11) is 0. The number of hydrogen-bond acceptors (Lipinski definition) is 3. The van der Waals surface area contributed by atoms with Gasteiger partial charge >= 0.3 is 0 Å². The van der Waals surface area contributed by atoms with Crippen molar-refractivity contribution in [3.8, 4) is 0 Å². The number of anilines is 1. The molecule has 0 aliphatic heterocycles. The highest BCUT2D eigenvalue weighted by Gasteiger charge is 2.13. The second kappa shape index (κ2) is 8.72. The molecule has 132 valence electrons. The van der Waals surface area contributed by atoms with Gasteiger partial charge in [0.15, 0.2) is 0 Å². The molecule has 1 atom stereocenters. The summed E-state index contributed by atoms with van der Waals surface area (Å²) in [6.45, 7) is 7.50. The van der Waals surface area contributed by atoms with Crippen LogP contribution in [0.15, 0.2) is 52.3 Å². The highest BCUT2D eigenvalue weighted by molar-refractivity contribution is 7.99. The van der Waals surface area contributed by atoms with E-state index in [0.717, 1.165) is 16.2 Å². The maximum Gasteiger partial charge on any atom is 0.251 e. The molecule has 0 saturated carbocycles. The van der Waals surface area contributed by atoms with Crippen molar-refractivity contribution in [2.75, 3.05) is 5.32 Å². The van der Waals surface area contributed by atoms with Crippen LogP contribution in [-0.4, -0.2) is 17.9 Å². The fourth-order valence-electron chi connectivity index (χ4n) is 2.19. The van der Waals surface area contributed by atoms with E-state index < -0.39 is 0 Å². The number of benzene rings is 2. The molecule has 0 saturated heterocycles. The zero-order chi connectivity index (χ0) is 18.4. The first-order valence-corrected chi connectivity index (χ1v) is 9.17. The van der Waals surface area contributed by atoms with Crippen molar-refractivity contribution in [1.29, 1.82) is 0 Å². The lowest BCUT2D eigenvalue weighted by atomic mass is 10.1. The van der Waals surface area contributed by atoms with Crippen LogP contribution >= 0.6 is 11.8 Å². The molecule has 0 heterocycles. The summed E-state index contributed by atoms with van der Waals surface area (Å²) in [6.07, 6.45) is 0.867. The predicted molar refractivity (Wildman–Crippen MR) is 103 cm³/mol. The first kappa shape index (κ1) is 19.1. The van der Waals surface area contributed by atoms with Crippen LogP contribution < -0.4 is 10.6 Å². The molecule has 1 unspecified atom stereocenters. The lowest BCUT2D eigenvalue weighted by Crippen LogP contribution is -2.31. The van der Waals surface area contributed by atoms with Gasteiger partial charge in [-0.3, -0.25) is 9.59 Å². The van der Waals surface area contributed by atoms with Crippen molar-refractivity contribution in [2.45, 2.75) is 49.9 Å². The minimum atomic E-state index is -0.162. The Hall–Kier alpha value is -2.27. The van der Waals surface area contributed by atoms with Gasteiger partial charge in [-0.2, -0.15) is 0 Å². The van der Waals surface area contributed by atoms with Crippen molar-refractivity contribution in [2.24, 2.45) is 0 Å². The van der Waals surface area contributed by atoms with Crippen LogP contribution in [0.5, 0.6) is 0 Å². The first-order chi connectivity index (χ1) is 11.9. The van der Waals surface area contributed by atoms with E-state index in [2.05, 4.69) is 10.6 Å². The third kappa shape index (κ3) is 5.64. The largest absolute Gasteiger partial charge is 0.350 e. The molecular weight excluding hydrogens is 332 g/mol. The number of aryl methyl sites for hydroxylation is 1. The molecule has 0 radical (unpaired) electrons. The predicted octanol–water partition coefficient (Wildman–Crippen LogP) is 4.63. The summed E-state index contributed by atoms with van der Waals surface area (Å²) in [6, 6.07) is 13.7. The first-order valence-electron chi connectivity index (χ1n) is 8.36. The minimum absolute atomic E-state index is 0.110. The van der Waals surface area contributed by atoms with Gasteiger partial charge in [0.1, 0.15) is 0 Å². The minimum Gasteiger partial charge on any atom is -0.350 e. The lowest BCUT2D eigenvalue weighted by molar-refractivity contribution is -0.114. The monoisotopic (exact) mass is 356 g/mol. The van der Waals surface area contributed by atoms with Crippen LogP contribution in [-0.2, 0) is 4.79 Å². The van der Waals surface area contributed by atoms with Crippen LogP contribution in [0.25, 0.3) is 0 Å². The van der Waals surface area contributed by atoms with E-state index in [9.17, 15) is 9.59 Å². The number of carbonyl (C=O) groups is 2. The maximum atomic E-state index is 12.3. The third-order valence-corrected chi connectivity index (χ3v) is 4.87. The summed E-state index contributed by atoms with van der Waals surface area (Å²) in [5.41, 5.74) is 2.38. The molecule has 2 rings (SSSR count). The van der Waals surface area contributed by atoms with E-state index in [0.29, 0.717) is 11.3 Å². The van der Waals surface area contributed by atoms with Gasteiger partial charge in [-0.25, -0.2) is 0 Å². The SMILES string of the molecule is CCC(C)NC(=O)c1ccc(Sc2ccc(C)cc2)c(NC(C)=O)c1. The Balaban J connectivity index is 2.28. The lowest BCUT2D eigenvalue weighted by Gasteiger charge is -2.14. The second-order valence-corrected chi connectivity index (χ2v) is 7.21. The Morgan fingerprint density at radius 1 is 1.12 bits per heavy atom. The standard InChI is InChI=1S/C20H24N2O2S/c1-5-14(3)21-20(24)16-8-11-19(18(12-16)22-15(4)23)25-17-9-6-13(2)7-10-17/h6-12,14H,5H2,1-4H3,(H,21,24)(H,22,23). The van der Waals surface area contributed by atoms with Gasteiger partial charge in [0.05, 0.1) is 5.69 Å². The summed E-state index contributed by atoms with van der Waals surface area (Å²) in [5.74, 6) is -0.293. The number of hydrogen-bond donors (Lipinski definition) is 2. The molecular formula is C20H24N2O2S. The van der Waals surface area contributed by atoms with Crippen molar-refractivity contribution in [3.63, 3.8) is 0 Å². The molecule has 0 aliphatic carbocycles. The van der Waals surface area contributed by atoms with Crippen LogP contribution in [0, 0.1) is 6.92 Å². The Morgan fingerprint density at radius 2 is 1.80 bits per heavy atom. The van der Waals surface area contributed by atoms with Gasteiger partial charge in [0.2, 0.25) is 5.91 Å². The molecule has 2 N–H and O–H groups in total. The summed E-state index contributed by atoms with van der Waals surface area (Å²) < 4.78 is 0. The normalized spacial score (nSPS) is 11.7. The van der Waals surface area contributed by atoms with E-state index in [1.54, 1.807) is 23.9 Å². The highest BCUT2D eigenvalue weighted by atomic mass is 32.2. The maximum absolute atomic E-state index is 12.3. The summed E-state index contributed by atoms with van der Waals surface area (Å²) in [4.78, 5) is 25.9. The van der Waals surface area contributed by atoms with E-state index in [1.807, 2.05) is 51.1 Å². The molecule has 4 nitrogen and oxygen atoms in total. The summed E-state index contributed by atoms with van der Waals surface area (Å²) >= 11 is 1.56. The zero-order valence-corrected chi connectivity index (χ0v) is 15.9. The molecule has 0 spiro atoms. The van der Waals surface area contributed by atoms with Crippen LogP contribution in [0.2, 0.25) is 0 Å². The van der Waals surface area contributed by atoms with E-state index in [1.165, 1.54) is 12.5 Å². The smallest absolute Gasteiger partial charge is 0.251 e. The Kier molecular flexibility index (Phi) is 6.65. The number of carbonyl (C=O) groups excluding carboxylic acids is 2. The summed E-state index contributed by atoms with van der Waals surface area (Å²) in [5, 5.41) is 5.77. The highest BCUT2D eigenvalue weighted by Crippen LogP contribution is 2.34. The second-order valence-electron chi connectivity index (χ2n) is 6.09. The quantitative estimate of drug-likeness (QED) is 0.793. The van der Waals surface area contributed by atoms with Crippen molar-refractivity contribution in [3.05, 3.63) is 53.6 Å². The van der Waals surface area contributed by atoms with E-state index in [-0.39, 0.29) is 17.9 Å². The molecule has 0 aliphatic rings. The van der Waals surface area contributed by atoms with Crippen molar-refractivity contribution < 1.29 is 9.59 Å². The van der Waals surface area contributed by atoms with Gasteiger partial charge in [-0.1, -0.05) is 36.4 Å². The van der Waals surface area contributed by atoms with Crippen LogP contribution in [0.1, 0.15) is 43.1 Å². The molecule has 0 fully saturated rings. The fourth-order valence-corrected chi connectivity index (χ4v) is 3.07. The van der Waals surface area contributed by atoms with Crippen molar-refractivity contribution in [1.82, 2.24) is 5.32 Å². The molecule has 25 heavy (non-hydrogen) atoms. The number of rotatable bonds is 6. The average Bonchev–Trinajstić information content (AvgIpc) is 2.57. The van der Waals surface area contributed by atoms with Gasteiger partial charge in [0, 0.05) is 28.3 Å². The molecule has 0 bridgehead atoms. The zero-order valence-electron chi connectivity index (χ0n) is 15.1. The molecule has 2 aromatic carbocycles. The average molecular weight is 356 g/mol. The van der Waals surface area contributed by atoms with Gasteiger partial charge in [-0.05, 0) is 50.6 Å². The Morgan fingerprint density at radius 3 is 2.40 bits per heavy atom. The third-order valence-electron chi connectivity index (χ3n) is 3.79. The molecule has 5 heteroatoms. The Labute approximate surface area is 153 Å². The molecule has 2 amide bonds. The van der Waals surface area contributed by atoms with E-state index >= 15 is 0 Å². The van der Waals surface area contributed by atoms with Gasteiger partial charge in [0.25, 0.3) is 5.91 Å². The van der Waals surface area contributed by atoms with Gasteiger partial charge in [-0.15, -0.1) is 0 Å². The van der Waals surface area contributed by atoms with Crippen LogP contribution in [0.4, 0.5) is 5.69 Å². The fraction of sp³-hybridized carbons (Fsp3) is 0.300. The molecule has 2 aromatic rings. The Bertz CT molecular complexity index is 757. The van der Waals surface area contributed by atoms with Gasteiger partial charge < -0.3 is 10.6 Å². The van der Waals surface area contributed by atoms with Crippen molar-refractivity contribution >= 4 is 29.3 Å². The van der Waals surface area contributed by atoms with E-state index in [4.69, 9.17) is 0 Å². The number of nitrogens with one attached hydrogen (secondary N) is 2. The van der Waals surface area contributed by atoms with Crippen LogP contribution in [0.3, 0.4) is 0 Å². The molecule has 0 aromatic heterocycles.